The van der Waals surface area contributed by atoms with Gasteiger partial charge in [-0.2, -0.15) is 0 Å². The van der Waals surface area contributed by atoms with Gasteiger partial charge in [0.05, 0.1) is 0 Å². The number of amides is 1. The van der Waals surface area contributed by atoms with Crippen molar-refractivity contribution in [3.63, 3.8) is 0 Å². The van der Waals surface area contributed by atoms with E-state index >= 15 is 0 Å². The number of hydrogen-bond donors (Lipinski definition) is 2. The van der Waals surface area contributed by atoms with Gasteiger partial charge in [-0.05, 0) is 31.4 Å². The molecular formula is C14H20N2OS. The van der Waals surface area contributed by atoms with E-state index < -0.39 is 0 Å². The Labute approximate surface area is 113 Å². The third-order valence-corrected chi connectivity index (χ3v) is 4.31. The lowest BCUT2D eigenvalue weighted by atomic mass is 9.75. The molecule has 0 saturated heterocycles. The summed E-state index contributed by atoms with van der Waals surface area (Å²) in [6.45, 7) is 0.703. The first-order chi connectivity index (χ1) is 8.68. The highest BCUT2D eigenvalue weighted by Crippen LogP contribution is 2.31. The number of nitrogens with one attached hydrogen (secondary N) is 1. The van der Waals surface area contributed by atoms with Gasteiger partial charge in [-0.25, -0.2) is 0 Å². The summed E-state index contributed by atoms with van der Waals surface area (Å²) < 4.78 is 0. The maximum absolute atomic E-state index is 11.7. The van der Waals surface area contributed by atoms with Crippen LogP contribution in [0.25, 0.3) is 0 Å². The van der Waals surface area contributed by atoms with Crippen molar-refractivity contribution < 1.29 is 4.79 Å². The molecule has 0 atom stereocenters. The number of carbonyl (C=O) groups is 1. The summed E-state index contributed by atoms with van der Waals surface area (Å²) in [5, 5.41) is 2.94. The van der Waals surface area contributed by atoms with Crippen LogP contribution in [0, 0.1) is 0 Å². The summed E-state index contributed by atoms with van der Waals surface area (Å²) >= 11 is 1.75. The van der Waals surface area contributed by atoms with Gasteiger partial charge in [-0.1, -0.05) is 18.2 Å². The molecule has 1 aliphatic carbocycles. The van der Waals surface area contributed by atoms with Crippen LogP contribution in [0.3, 0.4) is 0 Å². The average Bonchev–Trinajstić information content (AvgIpc) is 2.34. The maximum atomic E-state index is 11.7. The highest BCUT2D eigenvalue weighted by molar-refractivity contribution is 7.99. The first kappa shape index (κ1) is 13.4. The van der Waals surface area contributed by atoms with E-state index in [1.807, 2.05) is 18.2 Å². The molecule has 0 radical (unpaired) electrons. The fourth-order valence-electron chi connectivity index (χ4n) is 2.07. The van der Waals surface area contributed by atoms with Crippen molar-refractivity contribution in [2.45, 2.75) is 36.1 Å². The minimum Gasteiger partial charge on any atom is -0.355 e. The topological polar surface area (TPSA) is 55.1 Å². The third-order valence-electron chi connectivity index (χ3n) is 3.30. The molecule has 3 nitrogen and oxygen atoms in total. The molecule has 98 valence electrons. The SMILES string of the molecule is NC1(CC(=O)NCCSc2ccccc2)CCC1. The van der Waals surface area contributed by atoms with Crippen molar-refractivity contribution in [1.29, 1.82) is 0 Å². The molecule has 2 rings (SSSR count). The van der Waals surface area contributed by atoms with E-state index in [1.54, 1.807) is 11.8 Å². The van der Waals surface area contributed by atoms with Crippen LogP contribution in [-0.4, -0.2) is 23.7 Å². The highest BCUT2D eigenvalue weighted by atomic mass is 32.2. The molecule has 0 heterocycles. The van der Waals surface area contributed by atoms with Crippen LogP contribution >= 0.6 is 11.8 Å². The summed E-state index contributed by atoms with van der Waals surface area (Å²) in [6.07, 6.45) is 3.61. The molecule has 1 fully saturated rings. The van der Waals surface area contributed by atoms with Crippen LogP contribution in [0.1, 0.15) is 25.7 Å². The van der Waals surface area contributed by atoms with Crippen LogP contribution < -0.4 is 11.1 Å². The fourth-order valence-corrected chi connectivity index (χ4v) is 2.86. The van der Waals surface area contributed by atoms with Crippen LogP contribution in [0.15, 0.2) is 35.2 Å². The monoisotopic (exact) mass is 264 g/mol. The average molecular weight is 264 g/mol. The van der Waals surface area contributed by atoms with Gasteiger partial charge in [0.2, 0.25) is 5.91 Å². The first-order valence-electron chi connectivity index (χ1n) is 6.41. The molecule has 0 bridgehead atoms. The summed E-state index contributed by atoms with van der Waals surface area (Å²) in [5.74, 6) is 0.985. The third kappa shape index (κ3) is 4.03. The second-order valence-corrected chi connectivity index (χ2v) is 6.07. The van der Waals surface area contributed by atoms with E-state index in [4.69, 9.17) is 5.73 Å². The van der Waals surface area contributed by atoms with Gasteiger partial charge in [-0.3, -0.25) is 4.79 Å². The molecule has 1 aliphatic rings. The Morgan fingerprint density at radius 1 is 1.33 bits per heavy atom. The van der Waals surface area contributed by atoms with Gasteiger partial charge in [0.25, 0.3) is 0 Å². The largest absolute Gasteiger partial charge is 0.355 e. The van der Waals surface area contributed by atoms with E-state index in [0.29, 0.717) is 13.0 Å². The van der Waals surface area contributed by atoms with Gasteiger partial charge in [-0.15, -0.1) is 11.8 Å². The number of thioether (sulfide) groups is 1. The Bertz CT molecular complexity index is 390. The van der Waals surface area contributed by atoms with Crippen LogP contribution in [0.2, 0.25) is 0 Å². The predicted octanol–water partition coefficient (Wildman–Crippen LogP) is 2.17. The summed E-state index contributed by atoms with van der Waals surface area (Å²) in [4.78, 5) is 12.9. The maximum Gasteiger partial charge on any atom is 0.221 e. The smallest absolute Gasteiger partial charge is 0.221 e. The molecule has 0 aliphatic heterocycles. The van der Waals surface area contributed by atoms with E-state index in [9.17, 15) is 4.79 Å². The van der Waals surface area contributed by atoms with Crippen LogP contribution in [-0.2, 0) is 4.79 Å². The van der Waals surface area contributed by atoms with Crippen molar-refractivity contribution in [3.8, 4) is 0 Å². The lowest BCUT2D eigenvalue weighted by Crippen LogP contribution is -2.50. The van der Waals surface area contributed by atoms with Gasteiger partial charge < -0.3 is 11.1 Å². The highest BCUT2D eigenvalue weighted by Gasteiger charge is 2.34. The van der Waals surface area contributed by atoms with Crippen molar-refractivity contribution in [3.05, 3.63) is 30.3 Å². The molecule has 1 saturated carbocycles. The number of carbonyl (C=O) groups excluding carboxylic acids is 1. The van der Waals surface area contributed by atoms with Crippen molar-refractivity contribution >= 4 is 17.7 Å². The van der Waals surface area contributed by atoms with Gasteiger partial charge in [0.15, 0.2) is 0 Å². The van der Waals surface area contributed by atoms with E-state index in [-0.39, 0.29) is 11.4 Å². The predicted molar refractivity (Wildman–Crippen MR) is 75.6 cm³/mol. The molecule has 3 N–H and O–H groups in total. The van der Waals surface area contributed by atoms with Crippen molar-refractivity contribution in [1.82, 2.24) is 5.32 Å². The molecule has 1 aromatic carbocycles. The zero-order valence-corrected chi connectivity index (χ0v) is 11.3. The zero-order chi connectivity index (χ0) is 12.8. The van der Waals surface area contributed by atoms with Gasteiger partial charge in [0.1, 0.15) is 0 Å². The Kier molecular flexibility index (Phi) is 4.66. The summed E-state index contributed by atoms with van der Waals surface area (Å²) in [6, 6.07) is 10.2. The Morgan fingerprint density at radius 3 is 2.67 bits per heavy atom. The lowest BCUT2D eigenvalue weighted by molar-refractivity contribution is -0.122. The van der Waals surface area contributed by atoms with E-state index in [0.717, 1.165) is 25.0 Å². The Morgan fingerprint density at radius 2 is 2.06 bits per heavy atom. The minimum atomic E-state index is -0.212. The molecular weight excluding hydrogens is 244 g/mol. The second kappa shape index (κ2) is 6.25. The number of hydrogen-bond acceptors (Lipinski definition) is 3. The molecule has 0 aromatic heterocycles. The number of benzene rings is 1. The lowest BCUT2D eigenvalue weighted by Gasteiger charge is -2.37. The molecule has 4 heteroatoms. The van der Waals surface area contributed by atoms with E-state index in [1.165, 1.54) is 4.90 Å². The fraction of sp³-hybridized carbons (Fsp3) is 0.500. The molecule has 1 amide bonds. The summed E-state index contributed by atoms with van der Waals surface area (Å²) in [5.41, 5.74) is 5.82. The van der Waals surface area contributed by atoms with Crippen molar-refractivity contribution in [2.24, 2.45) is 5.73 Å². The standard InChI is InChI=1S/C14H20N2OS/c15-14(7-4-8-14)11-13(17)16-9-10-18-12-5-2-1-3-6-12/h1-3,5-6H,4,7-11,15H2,(H,16,17). The second-order valence-electron chi connectivity index (χ2n) is 4.90. The van der Waals surface area contributed by atoms with E-state index in [2.05, 4.69) is 17.4 Å². The van der Waals surface area contributed by atoms with Gasteiger partial charge >= 0.3 is 0 Å². The van der Waals surface area contributed by atoms with Crippen LogP contribution in [0.5, 0.6) is 0 Å². The molecule has 1 aromatic rings. The summed E-state index contributed by atoms with van der Waals surface area (Å²) in [7, 11) is 0. The number of rotatable bonds is 6. The molecule has 0 spiro atoms. The molecule has 0 unspecified atom stereocenters. The van der Waals surface area contributed by atoms with Crippen LogP contribution in [0.4, 0.5) is 0 Å². The Hall–Kier alpha value is -1.00. The zero-order valence-electron chi connectivity index (χ0n) is 10.5. The van der Waals surface area contributed by atoms with Crippen molar-refractivity contribution in [2.75, 3.05) is 12.3 Å². The quantitative estimate of drug-likeness (QED) is 0.611. The Balaban J connectivity index is 1.59. The first-order valence-corrected chi connectivity index (χ1v) is 7.40. The van der Waals surface area contributed by atoms with Gasteiger partial charge in [0, 0.05) is 29.2 Å². The minimum absolute atomic E-state index is 0.0888. The molecule has 18 heavy (non-hydrogen) atoms. The normalized spacial score (nSPS) is 16.9. The number of nitrogens with two attached hydrogens (primary N) is 1.